The van der Waals surface area contributed by atoms with E-state index in [1.165, 1.54) is 18.3 Å². The Morgan fingerprint density at radius 2 is 1.96 bits per heavy atom. The first-order valence-corrected chi connectivity index (χ1v) is 7.98. The summed E-state index contributed by atoms with van der Waals surface area (Å²) in [4.78, 5) is 18.5. The Kier molecular flexibility index (Phi) is 6.26. The van der Waals surface area contributed by atoms with Gasteiger partial charge in [0.25, 0.3) is 5.91 Å². The van der Waals surface area contributed by atoms with E-state index in [9.17, 15) is 14.3 Å². The number of nitrogens with one attached hydrogen (secondary N) is 1. The monoisotopic (exact) mass is 331 g/mol. The van der Waals surface area contributed by atoms with E-state index >= 15 is 0 Å². The van der Waals surface area contributed by atoms with Crippen molar-refractivity contribution in [2.75, 3.05) is 24.5 Å². The van der Waals surface area contributed by atoms with Crippen molar-refractivity contribution in [1.82, 2.24) is 10.3 Å². The van der Waals surface area contributed by atoms with Crippen LogP contribution in [0.25, 0.3) is 0 Å². The van der Waals surface area contributed by atoms with Crippen LogP contribution in [0.4, 0.5) is 10.2 Å². The zero-order valence-electron chi connectivity index (χ0n) is 13.9. The summed E-state index contributed by atoms with van der Waals surface area (Å²) in [6.45, 7) is 5.68. The molecular formula is C18H22FN3O2. The van der Waals surface area contributed by atoms with Gasteiger partial charge >= 0.3 is 0 Å². The fourth-order valence-electron chi connectivity index (χ4n) is 2.40. The van der Waals surface area contributed by atoms with Gasteiger partial charge in [-0.3, -0.25) is 4.79 Å². The zero-order valence-corrected chi connectivity index (χ0v) is 13.9. The molecule has 0 aliphatic heterocycles. The molecule has 1 amide bonds. The molecule has 6 heteroatoms. The lowest BCUT2D eigenvalue weighted by Crippen LogP contribution is -2.29. The highest BCUT2D eigenvalue weighted by atomic mass is 19.1. The lowest BCUT2D eigenvalue weighted by molar-refractivity contribution is 0.0913. The number of nitrogens with zero attached hydrogens (tertiary/aromatic N) is 2. The second-order valence-electron chi connectivity index (χ2n) is 5.32. The number of pyridine rings is 1. The quantitative estimate of drug-likeness (QED) is 0.818. The van der Waals surface area contributed by atoms with Gasteiger partial charge in [-0.25, -0.2) is 9.37 Å². The van der Waals surface area contributed by atoms with Crippen LogP contribution in [0, 0.1) is 5.82 Å². The predicted octanol–water partition coefficient (Wildman–Crippen LogP) is 2.53. The number of rotatable bonds is 7. The van der Waals surface area contributed by atoms with Crippen LogP contribution in [-0.2, 0) is 0 Å². The Hall–Kier alpha value is -2.47. The first kappa shape index (κ1) is 17.9. The van der Waals surface area contributed by atoms with Crippen LogP contribution in [0.1, 0.15) is 35.9 Å². The van der Waals surface area contributed by atoms with Gasteiger partial charge < -0.3 is 15.3 Å². The molecule has 0 bridgehead atoms. The van der Waals surface area contributed by atoms with Crippen LogP contribution in [0.3, 0.4) is 0 Å². The van der Waals surface area contributed by atoms with Crippen LogP contribution in [-0.4, -0.2) is 35.6 Å². The highest BCUT2D eigenvalue weighted by Gasteiger charge is 2.14. The van der Waals surface area contributed by atoms with E-state index in [0.29, 0.717) is 5.56 Å². The minimum absolute atomic E-state index is 0.0719. The van der Waals surface area contributed by atoms with Crippen LogP contribution in [0.5, 0.6) is 0 Å². The summed E-state index contributed by atoms with van der Waals surface area (Å²) in [7, 11) is 0. The molecule has 0 fully saturated rings. The van der Waals surface area contributed by atoms with Crippen molar-refractivity contribution in [2.24, 2.45) is 0 Å². The topological polar surface area (TPSA) is 65.5 Å². The molecule has 1 heterocycles. The van der Waals surface area contributed by atoms with E-state index in [1.54, 1.807) is 24.3 Å². The van der Waals surface area contributed by atoms with Gasteiger partial charge in [-0.15, -0.1) is 0 Å². The molecule has 0 saturated heterocycles. The van der Waals surface area contributed by atoms with Crippen LogP contribution < -0.4 is 10.2 Å². The fourth-order valence-corrected chi connectivity index (χ4v) is 2.40. The molecular weight excluding hydrogens is 309 g/mol. The molecule has 5 nitrogen and oxygen atoms in total. The molecule has 2 rings (SSSR count). The third-order valence-corrected chi connectivity index (χ3v) is 3.82. The Balaban J connectivity index is 1.96. The molecule has 128 valence electrons. The number of amides is 1. The van der Waals surface area contributed by atoms with Gasteiger partial charge in [0.15, 0.2) is 0 Å². The van der Waals surface area contributed by atoms with Gasteiger partial charge in [-0.2, -0.15) is 0 Å². The molecule has 1 unspecified atom stereocenters. The van der Waals surface area contributed by atoms with Gasteiger partial charge in [0, 0.05) is 31.4 Å². The molecule has 1 aromatic carbocycles. The van der Waals surface area contributed by atoms with Crippen molar-refractivity contribution in [1.29, 1.82) is 0 Å². The smallest absolute Gasteiger partial charge is 0.252 e. The lowest BCUT2D eigenvalue weighted by Gasteiger charge is -2.19. The number of aromatic nitrogens is 1. The van der Waals surface area contributed by atoms with Gasteiger partial charge in [0.2, 0.25) is 0 Å². The summed E-state index contributed by atoms with van der Waals surface area (Å²) in [5, 5.41) is 12.6. The fraction of sp³-hybridized carbons (Fsp3) is 0.333. The number of hydrogen-bond donors (Lipinski definition) is 2. The summed E-state index contributed by atoms with van der Waals surface area (Å²) in [5.41, 5.74) is 0.555. The summed E-state index contributed by atoms with van der Waals surface area (Å²) < 4.78 is 13.6. The van der Waals surface area contributed by atoms with Crippen molar-refractivity contribution in [3.63, 3.8) is 0 Å². The van der Waals surface area contributed by atoms with Gasteiger partial charge in [-0.1, -0.05) is 18.2 Å². The average molecular weight is 331 g/mol. The Labute approximate surface area is 141 Å². The molecule has 0 saturated carbocycles. The second kappa shape index (κ2) is 8.40. The first-order valence-electron chi connectivity index (χ1n) is 7.98. The summed E-state index contributed by atoms with van der Waals surface area (Å²) in [6.07, 6.45) is 0.399. The summed E-state index contributed by atoms with van der Waals surface area (Å²) in [5.74, 6) is -0.0450. The Morgan fingerprint density at radius 1 is 1.25 bits per heavy atom. The van der Waals surface area contributed by atoms with Crippen molar-refractivity contribution >= 4 is 11.7 Å². The number of aliphatic hydroxyl groups is 1. The molecule has 2 N–H and O–H groups in total. The SMILES string of the molecule is CCN(CC)c1ccc(C(=O)NCC(O)c2ccccc2F)cn1. The maximum Gasteiger partial charge on any atom is 0.252 e. The van der Waals surface area contributed by atoms with Crippen molar-refractivity contribution in [3.05, 3.63) is 59.5 Å². The van der Waals surface area contributed by atoms with E-state index in [2.05, 4.69) is 15.2 Å². The first-order chi connectivity index (χ1) is 11.6. The molecule has 1 aromatic heterocycles. The maximum atomic E-state index is 13.6. The maximum absolute atomic E-state index is 13.6. The average Bonchev–Trinajstić information content (AvgIpc) is 2.61. The highest BCUT2D eigenvalue weighted by Crippen LogP contribution is 2.16. The van der Waals surface area contributed by atoms with Crippen LogP contribution in [0.15, 0.2) is 42.6 Å². The van der Waals surface area contributed by atoms with Gasteiger partial charge in [-0.05, 0) is 32.0 Å². The minimum atomic E-state index is -1.10. The van der Waals surface area contributed by atoms with E-state index < -0.39 is 11.9 Å². The Bertz CT molecular complexity index is 672. The second-order valence-corrected chi connectivity index (χ2v) is 5.32. The number of hydrogen-bond acceptors (Lipinski definition) is 4. The van der Waals surface area contributed by atoms with Crippen LogP contribution >= 0.6 is 0 Å². The Morgan fingerprint density at radius 3 is 2.54 bits per heavy atom. The van der Waals surface area contributed by atoms with Gasteiger partial charge in [0.05, 0.1) is 11.7 Å². The van der Waals surface area contributed by atoms with E-state index in [-0.39, 0.29) is 18.0 Å². The van der Waals surface area contributed by atoms with Crippen LogP contribution in [0.2, 0.25) is 0 Å². The molecule has 0 radical (unpaired) electrons. The highest BCUT2D eigenvalue weighted by molar-refractivity contribution is 5.94. The molecule has 24 heavy (non-hydrogen) atoms. The van der Waals surface area contributed by atoms with Crippen molar-refractivity contribution in [2.45, 2.75) is 20.0 Å². The third kappa shape index (κ3) is 4.29. The largest absolute Gasteiger partial charge is 0.386 e. The van der Waals surface area contributed by atoms with Crippen molar-refractivity contribution < 1.29 is 14.3 Å². The summed E-state index contributed by atoms with van der Waals surface area (Å²) >= 11 is 0. The summed E-state index contributed by atoms with van der Waals surface area (Å²) in [6, 6.07) is 9.43. The standard InChI is InChI=1S/C18H22FN3O2/c1-3-22(4-2)17-10-9-13(11-20-17)18(24)21-12-16(23)14-7-5-6-8-15(14)19/h5-11,16,23H,3-4,12H2,1-2H3,(H,21,24). The van der Waals surface area contributed by atoms with E-state index in [1.807, 2.05) is 13.8 Å². The number of carbonyl (C=O) groups is 1. The third-order valence-electron chi connectivity index (χ3n) is 3.82. The molecule has 1 atom stereocenters. The molecule has 0 aliphatic rings. The minimum Gasteiger partial charge on any atom is -0.386 e. The number of halogens is 1. The van der Waals surface area contributed by atoms with E-state index in [0.717, 1.165) is 18.9 Å². The molecule has 2 aromatic rings. The normalized spacial score (nSPS) is 11.8. The van der Waals surface area contributed by atoms with E-state index in [4.69, 9.17) is 0 Å². The molecule has 0 spiro atoms. The number of aliphatic hydroxyl groups excluding tert-OH is 1. The molecule has 0 aliphatic carbocycles. The zero-order chi connectivity index (χ0) is 17.5. The number of benzene rings is 1. The predicted molar refractivity (Wildman–Crippen MR) is 91.5 cm³/mol. The van der Waals surface area contributed by atoms with Crippen molar-refractivity contribution in [3.8, 4) is 0 Å². The van der Waals surface area contributed by atoms with Gasteiger partial charge in [0.1, 0.15) is 11.6 Å². The lowest BCUT2D eigenvalue weighted by atomic mass is 10.1. The number of carbonyl (C=O) groups excluding carboxylic acids is 1. The number of anilines is 1.